The van der Waals surface area contributed by atoms with Crippen molar-refractivity contribution in [3.8, 4) is 5.75 Å². The van der Waals surface area contributed by atoms with E-state index < -0.39 is 0 Å². The van der Waals surface area contributed by atoms with Crippen LogP contribution in [0.1, 0.15) is 50.4 Å². The van der Waals surface area contributed by atoms with Crippen LogP contribution in [0, 0.1) is 11.8 Å². The zero-order valence-corrected chi connectivity index (χ0v) is 19.5. The smallest absolute Gasteiger partial charge is 0.257 e. The third kappa shape index (κ3) is 6.20. The molecule has 0 spiro atoms. The van der Waals surface area contributed by atoms with Crippen LogP contribution in [0.3, 0.4) is 0 Å². The Kier molecular flexibility index (Phi) is 7.94. The van der Waals surface area contributed by atoms with E-state index in [0.717, 1.165) is 19.0 Å². The van der Waals surface area contributed by atoms with Crippen molar-refractivity contribution in [3.05, 3.63) is 23.8 Å². The minimum Gasteiger partial charge on any atom is -0.491 e. The molecule has 1 aromatic rings. The highest BCUT2D eigenvalue weighted by Crippen LogP contribution is 2.32. The number of nitrogens with one attached hydrogen (secondary N) is 1. The first kappa shape index (κ1) is 23.5. The number of benzene rings is 1. The second kappa shape index (κ2) is 10.5. The maximum absolute atomic E-state index is 13.2. The molecule has 0 unspecified atom stereocenters. The van der Waals surface area contributed by atoms with Crippen LogP contribution in [-0.4, -0.2) is 74.2 Å². The number of hydrogen-bond acceptors (Lipinski definition) is 5. The number of rotatable bonds is 5. The van der Waals surface area contributed by atoms with Crippen LogP contribution in [0.25, 0.3) is 0 Å². The van der Waals surface area contributed by atoms with Gasteiger partial charge in [-0.1, -0.05) is 13.8 Å². The molecule has 1 aliphatic heterocycles. The SMILES string of the molecule is CCC(=O)Nc1ccc2c(c1)OC[C@@H](C)N(CC1CC1)C[C@@H](C)[C@H](OC)CN(C)C2=O. The van der Waals surface area contributed by atoms with E-state index in [2.05, 4.69) is 24.1 Å². The molecule has 1 fully saturated rings. The molecule has 1 heterocycles. The van der Waals surface area contributed by atoms with Gasteiger partial charge in [0.15, 0.2) is 0 Å². The number of amides is 2. The molecule has 2 amide bonds. The number of nitrogens with zero attached hydrogens (tertiary/aromatic N) is 2. The summed E-state index contributed by atoms with van der Waals surface area (Å²) in [5.41, 5.74) is 1.14. The van der Waals surface area contributed by atoms with E-state index in [1.165, 1.54) is 12.8 Å². The minimum absolute atomic E-state index is 0.0465. The van der Waals surface area contributed by atoms with Crippen LogP contribution < -0.4 is 10.1 Å². The van der Waals surface area contributed by atoms with Gasteiger partial charge in [-0.2, -0.15) is 0 Å². The molecule has 0 radical (unpaired) electrons. The van der Waals surface area contributed by atoms with Crippen molar-refractivity contribution in [2.24, 2.45) is 11.8 Å². The first-order valence-corrected chi connectivity index (χ1v) is 11.4. The van der Waals surface area contributed by atoms with Gasteiger partial charge in [-0.15, -0.1) is 0 Å². The van der Waals surface area contributed by atoms with Crippen molar-refractivity contribution in [1.29, 1.82) is 0 Å². The van der Waals surface area contributed by atoms with Crippen LogP contribution in [0.2, 0.25) is 0 Å². The van der Waals surface area contributed by atoms with E-state index in [0.29, 0.717) is 36.6 Å². The maximum Gasteiger partial charge on any atom is 0.257 e. The summed E-state index contributed by atoms with van der Waals surface area (Å²) in [7, 11) is 3.52. The molecule has 7 nitrogen and oxygen atoms in total. The molecule has 31 heavy (non-hydrogen) atoms. The van der Waals surface area contributed by atoms with Crippen LogP contribution in [0.4, 0.5) is 5.69 Å². The Morgan fingerprint density at radius 3 is 2.65 bits per heavy atom. The molecule has 0 aromatic heterocycles. The van der Waals surface area contributed by atoms with Crippen LogP contribution in [0.5, 0.6) is 5.75 Å². The lowest BCUT2D eigenvalue weighted by Crippen LogP contribution is -2.47. The Labute approximate surface area is 186 Å². The normalized spacial score (nSPS) is 25.8. The Bertz CT molecular complexity index is 780. The molecule has 3 atom stereocenters. The fourth-order valence-electron chi connectivity index (χ4n) is 4.06. The van der Waals surface area contributed by atoms with E-state index in [1.807, 2.05) is 0 Å². The Morgan fingerprint density at radius 1 is 1.26 bits per heavy atom. The number of fused-ring (bicyclic) bond motifs is 1. The van der Waals surface area contributed by atoms with Crippen molar-refractivity contribution < 1.29 is 19.1 Å². The highest BCUT2D eigenvalue weighted by Gasteiger charge is 2.31. The topological polar surface area (TPSA) is 71.1 Å². The molecule has 1 aromatic carbocycles. The van der Waals surface area contributed by atoms with Gasteiger partial charge >= 0.3 is 0 Å². The number of anilines is 1. The molecule has 172 valence electrons. The van der Waals surface area contributed by atoms with Crippen molar-refractivity contribution in [1.82, 2.24) is 9.80 Å². The van der Waals surface area contributed by atoms with Crippen molar-refractivity contribution in [3.63, 3.8) is 0 Å². The lowest BCUT2D eigenvalue weighted by Gasteiger charge is -2.36. The number of carbonyl (C=O) groups excluding carboxylic acids is 2. The highest BCUT2D eigenvalue weighted by molar-refractivity contribution is 5.98. The van der Waals surface area contributed by atoms with Crippen molar-refractivity contribution in [2.75, 3.05) is 45.7 Å². The molecule has 1 N–H and O–H groups in total. The van der Waals surface area contributed by atoms with Gasteiger partial charge in [0.05, 0.1) is 11.7 Å². The molecule has 3 rings (SSSR count). The zero-order chi connectivity index (χ0) is 22.5. The molecular weight excluding hydrogens is 394 g/mol. The summed E-state index contributed by atoms with van der Waals surface area (Å²) in [5, 5.41) is 2.86. The molecule has 2 aliphatic rings. The Hall–Kier alpha value is -2.12. The predicted molar refractivity (Wildman–Crippen MR) is 122 cm³/mol. The second-order valence-corrected chi connectivity index (χ2v) is 9.11. The van der Waals surface area contributed by atoms with Gasteiger partial charge in [0.2, 0.25) is 5.91 Å². The summed E-state index contributed by atoms with van der Waals surface area (Å²) in [6, 6.07) is 5.46. The highest BCUT2D eigenvalue weighted by atomic mass is 16.5. The third-order valence-electron chi connectivity index (χ3n) is 6.37. The van der Waals surface area contributed by atoms with Gasteiger partial charge in [0, 0.05) is 58.0 Å². The second-order valence-electron chi connectivity index (χ2n) is 9.11. The van der Waals surface area contributed by atoms with Crippen LogP contribution in [0.15, 0.2) is 18.2 Å². The quantitative estimate of drug-likeness (QED) is 0.775. The van der Waals surface area contributed by atoms with Crippen LogP contribution >= 0.6 is 0 Å². The fraction of sp³-hybridized carbons (Fsp3) is 0.667. The van der Waals surface area contributed by atoms with E-state index >= 15 is 0 Å². The fourth-order valence-corrected chi connectivity index (χ4v) is 4.06. The largest absolute Gasteiger partial charge is 0.491 e. The van der Waals surface area contributed by atoms with E-state index in [1.54, 1.807) is 44.2 Å². The Morgan fingerprint density at radius 2 is 2.00 bits per heavy atom. The summed E-state index contributed by atoms with van der Waals surface area (Å²) in [6.45, 7) is 9.14. The molecular formula is C24H37N3O4. The van der Waals surface area contributed by atoms with Gasteiger partial charge < -0.3 is 19.7 Å². The first-order valence-electron chi connectivity index (χ1n) is 11.4. The van der Waals surface area contributed by atoms with Crippen molar-refractivity contribution in [2.45, 2.75) is 52.2 Å². The van der Waals surface area contributed by atoms with E-state index in [-0.39, 0.29) is 29.9 Å². The number of methoxy groups -OCH3 is 1. The lowest BCUT2D eigenvalue weighted by molar-refractivity contribution is -0.115. The molecule has 0 bridgehead atoms. The average Bonchev–Trinajstić information content (AvgIpc) is 3.58. The predicted octanol–water partition coefficient (Wildman–Crippen LogP) is 3.25. The monoisotopic (exact) mass is 431 g/mol. The van der Waals surface area contributed by atoms with Gasteiger partial charge in [-0.25, -0.2) is 0 Å². The number of hydrogen-bond donors (Lipinski definition) is 1. The third-order valence-corrected chi connectivity index (χ3v) is 6.37. The minimum atomic E-state index is -0.110. The number of likely N-dealkylation sites (N-methyl/N-ethyl adjacent to an activating group) is 1. The lowest BCUT2D eigenvalue weighted by atomic mass is 10.0. The molecule has 1 saturated carbocycles. The summed E-state index contributed by atoms with van der Waals surface area (Å²) < 4.78 is 12.0. The number of carbonyl (C=O) groups is 2. The van der Waals surface area contributed by atoms with Gasteiger partial charge in [-0.3, -0.25) is 14.5 Å². The summed E-state index contributed by atoms with van der Waals surface area (Å²) in [4.78, 5) is 29.2. The van der Waals surface area contributed by atoms with Gasteiger partial charge in [0.25, 0.3) is 5.91 Å². The molecule has 0 saturated heterocycles. The summed E-state index contributed by atoms with van der Waals surface area (Å²) in [6.07, 6.45) is 2.94. The van der Waals surface area contributed by atoms with E-state index in [9.17, 15) is 9.59 Å². The number of ether oxygens (including phenoxy) is 2. The van der Waals surface area contributed by atoms with E-state index in [4.69, 9.17) is 9.47 Å². The zero-order valence-electron chi connectivity index (χ0n) is 19.5. The maximum atomic E-state index is 13.2. The molecule has 1 aliphatic carbocycles. The van der Waals surface area contributed by atoms with Gasteiger partial charge in [-0.05, 0) is 43.7 Å². The average molecular weight is 432 g/mol. The van der Waals surface area contributed by atoms with Crippen LogP contribution in [-0.2, 0) is 9.53 Å². The molecule has 7 heteroatoms. The Balaban J connectivity index is 1.90. The van der Waals surface area contributed by atoms with Gasteiger partial charge in [0.1, 0.15) is 12.4 Å². The summed E-state index contributed by atoms with van der Waals surface area (Å²) >= 11 is 0. The standard InChI is InChI=1S/C24H37N3O4/c1-6-23(28)25-19-9-10-20-21(11-19)31-15-17(3)27(13-18-7-8-18)12-16(2)22(30-5)14-26(4)24(20)29/h9-11,16-18,22H,6-8,12-15H2,1-5H3,(H,25,28)/t16-,17-,22-/m1/s1. The van der Waals surface area contributed by atoms with Crippen molar-refractivity contribution >= 4 is 17.5 Å². The summed E-state index contributed by atoms with van der Waals surface area (Å²) in [5.74, 6) is 1.38. The first-order chi connectivity index (χ1) is 14.8.